The van der Waals surface area contributed by atoms with Crippen molar-refractivity contribution >= 4 is 0 Å². The molecule has 5 fully saturated rings. The van der Waals surface area contributed by atoms with Crippen molar-refractivity contribution in [3.05, 3.63) is 0 Å². The molecule has 2 nitrogen and oxygen atoms in total. The third-order valence-corrected chi connectivity index (χ3v) is 6.47. The molecule has 2 N–H and O–H groups in total. The van der Waals surface area contributed by atoms with Crippen LogP contribution in [0.15, 0.2) is 0 Å². The van der Waals surface area contributed by atoms with Gasteiger partial charge in [-0.05, 0) is 88.1 Å². The zero-order valence-electron chi connectivity index (χ0n) is 11.8. The molecule has 1 atom stereocenters. The maximum Gasteiger partial charge on any atom is 0.0300 e. The maximum atomic E-state index is 6.73. The van der Waals surface area contributed by atoms with Gasteiger partial charge in [-0.25, -0.2) is 0 Å². The quantitative estimate of drug-likeness (QED) is 0.814. The molecule has 5 aliphatic rings. The number of likely N-dealkylation sites (N-methyl/N-ethyl adjacent to an activating group) is 1. The Hall–Kier alpha value is -0.0800. The first kappa shape index (κ1) is 11.7. The fraction of sp³-hybridized carbons (Fsp3) is 1.00. The van der Waals surface area contributed by atoms with Gasteiger partial charge < -0.3 is 10.6 Å². The molecule has 4 saturated carbocycles. The van der Waals surface area contributed by atoms with Gasteiger partial charge in [0.2, 0.25) is 0 Å². The average molecular weight is 248 g/mol. The molecular formula is C16H28N2. The molecule has 0 aromatic carbocycles. The van der Waals surface area contributed by atoms with Crippen molar-refractivity contribution in [2.75, 3.05) is 20.1 Å². The molecule has 0 aromatic heterocycles. The first-order chi connectivity index (χ1) is 8.54. The van der Waals surface area contributed by atoms with Crippen LogP contribution in [0.3, 0.4) is 0 Å². The summed E-state index contributed by atoms with van der Waals surface area (Å²) in [5.41, 5.74) is 7.53. The van der Waals surface area contributed by atoms with Gasteiger partial charge in [0.1, 0.15) is 0 Å². The predicted octanol–water partition coefficient (Wildman–Crippen LogP) is 2.63. The minimum atomic E-state index is 0.139. The average Bonchev–Trinajstić information content (AvgIpc) is 2.54. The second kappa shape index (κ2) is 3.73. The Kier molecular flexibility index (Phi) is 2.43. The van der Waals surface area contributed by atoms with Crippen LogP contribution in [-0.4, -0.2) is 30.6 Å². The molecule has 1 unspecified atom stereocenters. The van der Waals surface area contributed by atoms with Crippen molar-refractivity contribution in [3.63, 3.8) is 0 Å². The van der Waals surface area contributed by atoms with Gasteiger partial charge in [0.15, 0.2) is 0 Å². The molecule has 0 spiro atoms. The Morgan fingerprint density at radius 2 is 1.61 bits per heavy atom. The molecule has 1 heterocycles. The van der Waals surface area contributed by atoms with E-state index in [1.165, 1.54) is 38.6 Å². The van der Waals surface area contributed by atoms with Crippen LogP contribution < -0.4 is 5.73 Å². The van der Waals surface area contributed by atoms with Crippen molar-refractivity contribution in [3.8, 4) is 0 Å². The Morgan fingerprint density at radius 3 is 2.06 bits per heavy atom. The summed E-state index contributed by atoms with van der Waals surface area (Å²) in [6.45, 7) is 2.34. The molecule has 4 bridgehead atoms. The van der Waals surface area contributed by atoms with Crippen LogP contribution >= 0.6 is 0 Å². The molecule has 0 radical (unpaired) electrons. The van der Waals surface area contributed by atoms with Crippen LogP contribution in [0.25, 0.3) is 0 Å². The van der Waals surface area contributed by atoms with Crippen LogP contribution in [-0.2, 0) is 0 Å². The Morgan fingerprint density at radius 1 is 1.06 bits per heavy atom. The molecule has 1 saturated heterocycles. The summed E-state index contributed by atoms with van der Waals surface area (Å²) in [7, 11) is 2.23. The van der Waals surface area contributed by atoms with Gasteiger partial charge in [-0.2, -0.15) is 0 Å². The summed E-state index contributed by atoms with van der Waals surface area (Å²) in [6.07, 6.45) is 11.8. The largest absolute Gasteiger partial charge is 0.324 e. The number of rotatable bonds is 2. The van der Waals surface area contributed by atoms with Gasteiger partial charge in [-0.3, -0.25) is 0 Å². The van der Waals surface area contributed by atoms with E-state index in [9.17, 15) is 0 Å². The van der Waals surface area contributed by atoms with Gasteiger partial charge in [-0.15, -0.1) is 0 Å². The highest BCUT2D eigenvalue weighted by Gasteiger charge is 2.53. The third kappa shape index (κ3) is 1.84. The lowest BCUT2D eigenvalue weighted by atomic mass is 9.47. The number of hydrogen-bond acceptors (Lipinski definition) is 2. The van der Waals surface area contributed by atoms with Crippen molar-refractivity contribution in [1.82, 2.24) is 4.90 Å². The van der Waals surface area contributed by atoms with Gasteiger partial charge in [0, 0.05) is 12.1 Å². The Balaban J connectivity index is 1.54. The number of nitrogens with zero attached hydrogens (tertiary/aromatic N) is 1. The van der Waals surface area contributed by atoms with Crippen molar-refractivity contribution < 1.29 is 0 Å². The van der Waals surface area contributed by atoms with Gasteiger partial charge in [-0.1, -0.05) is 0 Å². The van der Waals surface area contributed by atoms with Crippen LogP contribution in [0, 0.1) is 23.2 Å². The van der Waals surface area contributed by atoms with E-state index in [-0.39, 0.29) is 5.54 Å². The number of nitrogens with two attached hydrogens (primary N) is 1. The molecule has 4 aliphatic carbocycles. The fourth-order valence-electron chi connectivity index (χ4n) is 6.51. The number of likely N-dealkylation sites (tertiary alicyclic amines) is 1. The molecular weight excluding hydrogens is 220 g/mol. The van der Waals surface area contributed by atoms with Gasteiger partial charge in [0.25, 0.3) is 0 Å². The zero-order chi connectivity index (χ0) is 12.4. The van der Waals surface area contributed by atoms with Crippen molar-refractivity contribution in [2.45, 2.75) is 56.9 Å². The highest BCUT2D eigenvalue weighted by molar-refractivity contribution is 5.07. The van der Waals surface area contributed by atoms with Crippen LogP contribution in [0.4, 0.5) is 0 Å². The Bertz CT molecular complexity index is 316. The molecule has 1 aliphatic heterocycles. The predicted molar refractivity (Wildman–Crippen MR) is 74.3 cm³/mol. The van der Waals surface area contributed by atoms with Crippen LogP contribution in [0.1, 0.15) is 51.4 Å². The molecule has 5 rings (SSSR count). The van der Waals surface area contributed by atoms with Gasteiger partial charge >= 0.3 is 0 Å². The first-order valence-corrected chi connectivity index (χ1v) is 8.02. The smallest absolute Gasteiger partial charge is 0.0300 e. The van der Waals surface area contributed by atoms with Crippen molar-refractivity contribution in [1.29, 1.82) is 0 Å². The highest BCUT2D eigenvalue weighted by atomic mass is 15.2. The lowest BCUT2D eigenvalue weighted by Crippen LogP contribution is -2.53. The second-order valence-electron chi connectivity index (χ2n) is 8.44. The number of hydrogen-bond donors (Lipinski definition) is 1. The summed E-state index contributed by atoms with van der Waals surface area (Å²) in [4.78, 5) is 2.43. The molecule has 0 aromatic rings. The topological polar surface area (TPSA) is 29.3 Å². The monoisotopic (exact) mass is 248 g/mol. The van der Waals surface area contributed by atoms with E-state index in [1.54, 1.807) is 19.3 Å². The first-order valence-electron chi connectivity index (χ1n) is 8.02. The highest BCUT2D eigenvalue weighted by Crippen LogP contribution is 2.62. The van der Waals surface area contributed by atoms with E-state index in [4.69, 9.17) is 5.73 Å². The van der Waals surface area contributed by atoms with Crippen molar-refractivity contribution in [2.24, 2.45) is 28.9 Å². The van der Waals surface area contributed by atoms with E-state index >= 15 is 0 Å². The standard InChI is InChI=1S/C16H28N2/c1-18-3-2-16(17,11-18)10-15-7-12-4-13(8-15)6-14(5-12)9-15/h12-14H,2-11,17H2,1H3. The summed E-state index contributed by atoms with van der Waals surface area (Å²) in [5.74, 6) is 3.21. The van der Waals surface area contributed by atoms with Crippen LogP contribution in [0.5, 0.6) is 0 Å². The van der Waals surface area contributed by atoms with Crippen LogP contribution in [0.2, 0.25) is 0 Å². The Labute approximate surface area is 111 Å². The third-order valence-electron chi connectivity index (χ3n) is 6.47. The summed E-state index contributed by atoms with van der Waals surface area (Å²) in [5, 5.41) is 0. The van der Waals surface area contributed by atoms with E-state index < -0.39 is 0 Å². The molecule has 0 amide bonds. The minimum Gasteiger partial charge on any atom is -0.324 e. The lowest BCUT2D eigenvalue weighted by Gasteiger charge is -2.58. The van der Waals surface area contributed by atoms with E-state index in [0.717, 1.165) is 24.3 Å². The molecule has 2 heteroatoms. The molecule has 18 heavy (non-hydrogen) atoms. The summed E-state index contributed by atoms with van der Waals surface area (Å²) >= 11 is 0. The van der Waals surface area contributed by atoms with E-state index in [1.807, 2.05) is 0 Å². The fourth-order valence-corrected chi connectivity index (χ4v) is 6.51. The maximum absolute atomic E-state index is 6.73. The summed E-state index contributed by atoms with van der Waals surface area (Å²) in [6, 6.07) is 0. The minimum absolute atomic E-state index is 0.139. The zero-order valence-corrected chi connectivity index (χ0v) is 11.8. The van der Waals surface area contributed by atoms with E-state index in [0.29, 0.717) is 5.41 Å². The van der Waals surface area contributed by atoms with E-state index in [2.05, 4.69) is 11.9 Å². The molecule has 102 valence electrons. The normalized spacial score (nSPS) is 55.3. The van der Waals surface area contributed by atoms with Gasteiger partial charge in [0.05, 0.1) is 0 Å². The summed E-state index contributed by atoms with van der Waals surface area (Å²) < 4.78 is 0. The lowest BCUT2D eigenvalue weighted by molar-refractivity contribution is -0.0672. The second-order valence-corrected chi connectivity index (χ2v) is 8.44. The SMILES string of the molecule is CN1CCC(N)(CC23CC4CC(CC(C4)C2)C3)C1.